The van der Waals surface area contributed by atoms with Crippen molar-refractivity contribution >= 4 is 16.8 Å². The summed E-state index contributed by atoms with van der Waals surface area (Å²) in [6, 6.07) is 17.0. The third-order valence-electron chi connectivity index (χ3n) is 4.86. The average molecular weight is 362 g/mol. The van der Waals surface area contributed by atoms with Gasteiger partial charge >= 0.3 is 0 Å². The molecule has 0 radical (unpaired) electrons. The molecule has 4 rings (SSSR count). The quantitative estimate of drug-likeness (QED) is 0.497. The zero-order chi connectivity index (χ0) is 18.8. The summed E-state index contributed by atoms with van der Waals surface area (Å²) in [5.41, 5.74) is 4.52. The molecule has 1 N–H and O–H groups in total. The van der Waals surface area contributed by atoms with Crippen molar-refractivity contribution in [1.29, 1.82) is 0 Å². The number of nitrogens with zero attached hydrogens (tertiary/aromatic N) is 3. The third kappa shape index (κ3) is 3.43. The van der Waals surface area contributed by atoms with Gasteiger partial charge in [0.1, 0.15) is 5.75 Å². The summed E-state index contributed by atoms with van der Waals surface area (Å²) in [5, 5.41) is 3.50. The molecule has 5 heteroatoms. The first-order valence-corrected chi connectivity index (χ1v) is 9.51. The average Bonchev–Trinajstić information content (AvgIpc) is 3.21. The van der Waals surface area contributed by atoms with Crippen LogP contribution < -0.4 is 10.1 Å². The lowest BCUT2D eigenvalue weighted by Crippen LogP contribution is -2.24. The molecule has 27 heavy (non-hydrogen) atoms. The molecule has 4 aromatic rings. The van der Waals surface area contributed by atoms with Crippen LogP contribution in [0.2, 0.25) is 0 Å². The minimum atomic E-state index is 0.504. The van der Waals surface area contributed by atoms with Gasteiger partial charge in [-0.25, -0.2) is 4.98 Å². The molecule has 140 valence electrons. The van der Waals surface area contributed by atoms with Crippen LogP contribution in [-0.2, 0) is 6.54 Å². The number of para-hydroxylation sites is 2. The molecule has 0 spiro atoms. The van der Waals surface area contributed by atoms with Gasteiger partial charge in [0, 0.05) is 24.3 Å². The number of hydrogen-bond acceptors (Lipinski definition) is 3. The van der Waals surface area contributed by atoms with E-state index in [1.54, 1.807) is 7.11 Å². The van der Waals surface area contributed by atoms with Crippen LogP contribution in [0.1, 0.15) is 20.3 Å². The van der Waals surface area contributed by atoms with E-state index in [9.17, 15) is 0 Å². The maximum Gasteiger partial charge on any atom is 0.215 e. The number of rotatable bonds is 7. The Morgan fingerprint density at radius 3 is 2.59 bits per heavy atom. The van der Waals surface area contributed by atoms with Gasteiger partial charge in [0.25, 0.3) is 0 Å². The number of aryl methyl sites for hydroxylation is 1. The number of nitrogens with one attached hydrogen (secondary N) is 1. The summed E-state index contributed by atoms with van der Waals surface area (Å²) in [4.78, 5) is 4.89. The topological polar surface area (TPSA) is 43.5 Å². The molecule has 0 unspecified atom stereocenters. The largest absolute Gasteiger partial charge is 0.497 e. The summed E-state index contributed by atoms with van der Waals surface area (Å²) in [7, 11) is 1.69. The monoisotopic (exact) mass is 362 g/mol. The van der Waals surface area contributed by atoms with Crippen molar-refractivity contribution in [3.8, 4) is 17.0 Å². The van der Waals surface area contributed by atoms with E-state index >= 15 is 0 Å². The molecule has 0 fully saturated rings. The fourth-order valence-corrected chi connectivity index (χ4v) is 3.49. The van der Waals surface area contributed by atoms with E-state index in [4.69, 9.17) is 9.72 Å². The van der Waals surface area contributed by atoms with Gasteiger partial charge in [-0.05, 0) is 49.4 Å². The highest BCUT2D eigenvalue weighted by molar-refractivity contribution is 5.81. The second-order valence-corrected chi connectivity index (χ2v) is 7.13. The maximum absolute atomic E-state index is 5.31. The fourth-order valence-electron chi connectivity index (χ4n) is 3.49. The van der Waals surface area contributed by atoms with Gasteiger partial charge in [0.05, 0.1) is 23.8 Å². The minimum Gasteiger partial charge on any atom is -0.497 e. The molecule has 0 saturated heterocycles. The highest BCUT2D eigenvalue weighted by Crippen LogP contribution is 2.28. The first-order chi connectivity index (χ1) is 13.2. The van der Waals surface area contributed by atoms with Crippen molar-refractivity contribution in [3.63, 3.8) is 0 Å². The van der Waals surface area contributed by atoms with Gasteiger partial charge in [-0.3, -0.25) is 4.40 Å². The van der Waals surface area contributed by atoms with E-state index < -0.39 is 0 Å². The smallest absolute Gasteiger partial charge is 0.215 e. The number of benzene rings is 2. The van der Waals surface area contributed by atoms with Crippen LogP contribution in [0.5, 0.6) is 5.75 Å². The number of methoxy groups -OCH3 is 1. The summed E-state index contributed by atoms with van der Waals surface area (Å²) in [5.74, 6) is 1.86. The highest BCUT2D eigenvalue weighted by Gasteiger charge is 2.15. The molecule has 0 atom stereocenters. The molecule has 0 saturated carbocycles. The third-order valence-corrected chi connectivity index (χ3v) is 4.86. The summed E-state index contributed by atoms with van der Waals surface area (Å²) < 4.78 is 9.83. The zero-order valence-corrected chi connectivity index (χ0v) is 16.1. The number of fused-ring (bicyclic) bond motifs is 3. The maximum atomic E-state index is 5.31. The molecular formula is C22H26N4O. The lowest BCUT2D eigenvalue weighted by atomic mass is 10.1. The van der Waals surface area contributed by atoms with Crippen LogP contribution in [0, 0.1) is 0 Å². The van der Waals surface area contributed by atoms with Crippen LogP contribution in [0.4, 0.5) is 0 Å². The Morgan fingerprint density at radius 2 is 1.85 bits per heavy atom. The van der Waals surface area contributed by atoms with Crippen molar-refractivity contribution in [2.24, 2.45) is 0 Å². The lowest BCUT2D eigenvalue weighted by molar-refractivity contribution is 0.415. The number of imidazole rings is 2. The first-order valence-electron chi connectivity index (χ1n) is 9.51. The van der Waals surface area contributed by atoms with Gasteiger partial charge < -0.3 is 14.6 Å². The summed E-state index contributed by atoms with van der Waals surface area (Å²) in [6.07, 6.45) is 3.25. The molecule has 0 bridgehead atoms. The van der Waals surface area contributed by atoms with Crippen LogP contribution in [0.25, 0.3) is 28.1 Å². The van der Waals surface area contributed by atoms with Crippen molar-refractivity contribution in [2.45, 2.75) is 32.9 Å². The van der Waals surface area contributed by atoms with Crippen LogP contribution >= 0.6 is 0 Å². The fraction of sp³-hybridized carbons (Fsp3) is 0.318. The lowest BCUT2D eigenvalue weighted by Gasteiger charge is -2.11. The second-order valence-electron chi connectivity index (χ2n) is 7.13. The summed E-state index contributed by atoms with van der Waals surface area (Å²) in [6.45, 7) is 6.27. The molecule has 0 aliphatic heterocycles. The van der Waals surface area contributed by atoms with Gasteiger partial charge in [-0.1, -0.05) is 26.0 Å². The van der Waals surface area contributed by atoms with E-state index in [0.29, 0.717) is 6.04 Å². The Bertz CT molecular complexity index is 1040. The van der Waals surface area contributed by atoms with Gasteiger partial charge in [-0.15, -0.1) is 0 Å². The SMILES string of the molecule is COc1ccc(-c2cn3c4ccccc4nc3n2CCCNC(C)C)cc1. The van der Waals surface area contributed by atoms with Crippen molar-refractivity contribution in [2.75, 3.05) is 13.7 Å². The summed E-state index contributed by atoms with van der Waals surface area (Å²) >= 11 is 0. The first kappa shape index (κ1) is 17.6. The molecule has 2 heterocycles. The normalized spacial score (nSPS) is 11.7. The number of ether oxygens (including phenoxy) is 1. The van der Waals surface area contributed by atoms with E-state index in [0.717, 1.165) is 42.1 Å². The molecule has 2 aromatic carbocycles. The van der Waals surface area contributed by atoms with E-state index in [1.165, 1.54) is 11.3 Å². The molecule has 0 amide bonds. The zero-order valence-electron chi connectivity index (χ0n) is 16.1. The van der Waals surface area contributed by atoms with E-state index in [2.05, 4.69) is 64.7 Å². The molecule has 0 aliphatic carbocycles. The van der Waals surface area contributed by atoms with Crippen LogP contribution in [-0.4, -0.2) is 33.6 Å². The highest BCUT2D eigenvalue weighted by atomic mass is 16.5. The Kier molecular flexibility index (Phi) is 4.86. The Morgan fingerprint density at radius 1 is 1.07 bits per heavy atom. The van der Waals surface area contributed by atoms with Gasteiger partial charge in [0.2, 0.25) is 5.78 Å². The predicted octanol–water partition coefficient (Wildman–Crippen LogP) is 4.35. The van der Waals surface area contributed by atoms with Gasteiger partial charge in [-0.2, -0.15) is 0 Å². The minimum absolute atomic E-state index is 0.504. The van der Waals surface area contributed by atoms with Crippen molar-refractivity contribution in [3.05, 3.63) is 54.7 Å². The number of hydrogen-bond donors (Lipinski definition) is 1. The molecule has 0 aliphatic rings. The van der Waals surface area contributed by atoms with E-state index in [-0.39, 0.29) is 0 Å². The van der Waals surface area contributed by atoms with Crippen molar-refractivity contribution < 1.29 is 4.74 Å². The molecule has 5 nitrogen and oxygen atoms in total. The second kappa shape index (κ2) is 7.45. The Balaban J connectivity index is 1.76. The van der Waals surface area contributed by atoms with Crippen molar-refractivity contribution in [1.82, 2.24) is 19.3 Å². The predicted molar refractivity (Wildman–Crippen MR) is 110 cm³/mol. The van der Waals surface area contributed by atoms with Crippen LogP contribution in [0.15, 0.2) is 54.7 Å². The molecule has 2 aromatic heterocycles. The van der Waals surface area contributed by atoms with Crippen LogP contribution in [0.3, 0.4) is 0 Å². The standard InChI is InChI=1S/C22H26N4O/c1-16(2)23-13-6-14-25-21(17-9-11-18(27-3)12-10-17)15-26-20-8-5-4-7-19(20)24-22(25)26/h4-5,7-12,15-16,23H,6,13-14H2,1-3H3. The molecular weight excluding hydrogens is 336 g/mol. The van der Waals surface area contributed by atoms with Gasteiger partial charge in [0.15, 0.2) is 0 Å². The van der Waals surface area contributed by atoms with E-state index in [1.807, 2.05) is 18.2 Å². The Hall–Kier alpha value is -2.79. The Labute approximate surface area is 159 Å². The number of aromatic nitrogens is 3.